The summed E-state index contributed by atoms with van der Waals surface area (Å²) in [4.78, 5) is 40.6. The zero-order chi connectivity index (χ0) is 20.5. The lowest BCUT2D eigenvalue weighted by Gasteiger charge is -2.18. The van der Waals surface area contributed by atoms with Crippen LogP contribution < -0.4 is 10.1 Å². The molecule has 1 atom stereocenters. The first-order valence-electron chi connectivity index (χ1n) is 9.59. The largest absolute Gasteiger partial charge is 0.475 e. The number of hydrogen-bond acceptors (Lipinski definition) is 7. The molecule has 0 fully saturated rings. The van der Waals surface area contributed by atoms with Gasteiger partial charge in [-0.05, 0) is 50.9 Å². The van der Waals surface area contributed by atoms with Gasteiger partial charge in [0.2, 0.25) is 0 Å². The van der Waals surface area contributed by atoms with Crippen molar-refractivity contribution < 1.29 is 24.3 Å². The number of imide groups is 1. The van der Waals surface area contributed by atoms with Crippen LogP contribution in [0.15, 0.2) is 18.2 Å². The van der Waals surface area contributed by atoms with E-state index in [1.165, 1.54) is 0 Å². The van der Waals surface area contributed by atoms with Gasteiger partial charge < -0.3 is 9.57 Å². The van der Waals surface area contributed by atoms with E-state index in [0.717, 1.165) is 30.6 Å². The van der Waals surface area contributed by atoms with Crippen LogP contribution in [-0.4, -0.2) is 48.2 Å². The van der Waals surface area contributed by atoms with Crippen molar-refractivity contribution in [2.24, 2.45) is 0 Å². The van der Waals surface area contributed by atoms with E-state index in [1.807, 2.05) is 7.05 Å². The zero-order valence-corrected chi connectivity index (χ0v) is 16.3. The van der Waals surface area contributed by atoms with E-state index in [0.29, 0.717) is 29.7 Å². The molecule has 0 bridgehead atoms. The van der Waals surface area contributed by atoms with Gasteiger partial charge in [-0.3, -0.25) is 19.8 Å². The predicted molar refractivity (Wildman–Crippen MR) is 102 cm³/mol. The third-order valence-corrected chi connectivity index (χ3v) is 4.59. The number of nitrogens with one attached hydrogen (secondary N) is 1. The van der Waals surface area contributed by atoms with E-state index in [4.69, 9.17) is 4.74 Å². The zero-order valence-electron chi connectivity index (χ0n) is 16.3. The van der Waals surface area contributed by atoms with Gasteiger partial charge in [-0.25, -0.2) is 0 Å². The molecule has 2 amide bonds. The second kappa shape index (κ2) is 10.6. The Balaban J connectivity index is 1.95. The maximum absolute atomic E-state index is 12.6. The van der Waals surface area contributed by atoms with Gasteiger partial charge in [-0.15, -0.1) is 10.1 Å². The van der Waals surface area contributed by atoms with Gasteiger partial charge in [-0.2, -0.15) is 0 Å². The third-order valence-electron chi connectivity index (χ3n) is 4.59. The average molecular weight is 393 g/mol. The number of amides is 2. The molecule has 1 heterocycles. The molecule has 154 valence electrons. The molecule has 0 spiro atoms. The number of rotatable bonds is 13. The van der Waals surface area contributed by atoms with E-state index < -0.39 is 5.09 Å². The van der Waals surface area contributed by atoms with Gasteiger partial charge >= 0.3 is 0 Å². The Morgan fingerprint density at radius 1 is 1.14 bits per heavy atom. The Bertz CT molecular complexity index is 709. The van der Waals surface area contributed by atoms with E-state index in [2.05, 4.69) is 17.1 Å². The molecular formula is C19H27N3O6. The normalized spacial score (nSPS) is 14.1. The van der Waals surface area contributed by atoms with Crippen LogP contribution in [0, 0.1) is 10.1 Å². The molecule has 0 saturated heterocycles. The van der Waals surface area contributed by atoms with Crippen LogP contribution in [0.3, 0.4) is 0 Å². The van der Waals surface area contributed by atoms with Gasteiger partial charge in [0.1, 0.15) is 12.0 Å². The average Bonchev–Trinajstić information content (AvgIpc) is 2.91. The number of carbonyl (C=O) groups is 2. The molecule has 1 aromatic carbocycles. The Kier molecular flexibility index (Phi) is 8.19. The Morgan fingerprint density at radius 3 is 2.57 bits per heavy atom. The molecule has 1 unspecified atom stereocenters. The topological polar surface area (TPSA) is 111 Å². The summed E-state index contributed by atoms with van der Waals surface area (Å²) in [7, 11) is 1.82. The lowest BCUT2D eigenvalue weighted by Crippen LogP contribution is -2.31. The molecule has 28 heavy (non-hydrogen) atoms. The van der Waals surface area contributed by atoms with Crippen LogP contribution in [0.2, 0.25) is 0 Å². The fourth-order valence-electron chi connectivity index (χ4n) is 3.06. The van der Waals surface area contributed by atoms with Crippen molar-refractivity contribution in [3.8, 4) is 5.75 Å². The van der Waals surface area contributed by atoms with Crippen molar-refractivity contribution in [3.05, 3.63) is 39.4 Å². The highest BCUT2D eigenvalue weighted by Gasteiger charge is 2.35. The fourth-order valence-corrected chi connectivity index (χ4v) is 3.06. The number of ether oxygens (including phenoxy) is 1. The first-order valence-corrected chi connectivity index (χ1v) is 9.59. The van der Waals surface area contributed by atoms with Crippen molar-refractivity contribution in [3.63, 3.8) is 0 Å². The first-order chi connectivity index (χ1) is 13.5. The van der Waals surface area contributed by atoms with E-state index in [1.54, 1.807) is 18.2 Å². The summed E-state index contributed by atoms with van der Waals surface area (Å²) in [5, 5.41) is 12.4. The minimum atomic E-state index is -0.857. The Morgan fingerprint density at radius 2 is 1.89 bits per heavy atom. The highest BCUT2D eigenvalue weighted by Crippen LogP contribution is 2.27. The molecule has 1 aromatic rings. The number of unbranched alkanes of at least 4 members (excludes halogenated alkanes) is 3. The van der Waals surface area contributed by atoms with Crippen LogP contribution >= 0.6 is 0 Å². The Labute approximate surface area is 164 Å². The molecule has 1 N–H and O–H groups in total. The quantitative estimate of drug-likeness (QED) is 0.180. The maximum Gasteiger partial charge on any atom is 0.294 e. The molecule has 0 radical (unpaired) electrons. The molecular weight excluding hydrogens is 366 g/mol. The maximum atomic E-state index is 12.6. The lowest BCUT2D eigenvalue weighted by molar-refractivity contribution is -0.757. The van der Waals surface area contributed by atoms with Crippen molar-refractivity contribution in [1.82, 2.24) is 10.2 Å². The second-order valence-electron chi connectivity index (χ2n) is 6.62. The summed E-state index contributed by atoms with van der Waals surface area (Å²) in [5.74, 6) is -0.181. The van der Waals surface area contributed by atoms with Crippen molar-refractivity contribution in [2.45, 2.75) is 51.7 Å². The predicted octanol–water partition coefficient (Wildman–Crippen LogP) is 2.78. The molecule has 9 nitrogen and oxygen atoms in total. The Hall–Kier alpha value is -2.68. The van der Waals surface area contributed by atoms with Crippen molar-refractivity contribution >= 4 is 11.8 Å². The standard InChI is InChI=1S/C19H27N3O6/c1-3-4-5-8-17(20-2)28-14-9-10-15-16(13-14)19(24)21(18(15)23)11-6-7-12-27-22(25)26/h9-10,13,17,20H,3-8,11-12H2,1-2H3. The summed E-state index contributed by atoms with van der Waals surface area (Å²) >= 11 is 0. The molecule has 0 aliphatic carbocycles. The molecule has 2 rings (SSSR count). The van der Waals surface area contributed by atoms with Gasteiger partial charge in [0.15, 0.2) is 0 Å². The van der Waals surface area contributed by atoms with Crippen LogP contribution in [0.25, 0.3) is 0 Å². The van der Waals surface area contributed by atoms with Crippen LogP contribution in [-0.2, 0) is 4.84 Å². The van der Waals surface area contributed by atoms with E-state index >= 15 is 0 Å². The minimum Gasteiger partial charge on any atom is -0.475 e. The SMILES string of the molecule is CCCCCC(NC)Oc1ccc2c(c1)C(=O)N(CCCCO[N+](=O)[O-])C2=O. The third kappa shape index (κ3) is 5.66. The molecule has 0 aromatic heterocycles. The second-order valence-corrected chi connectivity index (χ2v) is 6.62. The van der Waals surface area contributed by atoms with Gasteiger partial charge in [0.05, 0.1) is 17.7 Å². The lowest BCUT2D eigenvalue weighted by atomic mass is 10.1. The van der Waals surface area contributed by atoms with Crippen LogP contribution in [0.5, 0.6) is 5.75 Å². The number of hydrogen-bond donors (Lipinski definition) is 1. The minimum absolute atomic E-state index is 0.0579. The van der Waals surface area contributed by atoms with Gasteiger partial charge in [0, 0.05) is 6.54 Å². The summed E-state index contributed by atoms with van der Waals surface area (Å²) in [6.07, 6.45) is 4.80. The summed E-state index contributed by atoms with van der Waals surface area (Å²) in [6.45, 7) is 2.27. The van der Waals surface area contributed by atoms with Gasteiger partial charge in [-0.1, -0.05) is 19.8 Å². The first kappa shape index (κ1) is 21.6. The highest BCUT2D eigenvalue weighted by molar-refractivity contribution is 6.21. The van der Waals surface area contributed by atoms with Crippen LogP contribution in [0.4, 0.5) is 0 Å². The van der Waals surface area contributed by atoms with Crippen molar-refractivity contribution in [2.75, 3.05) is 20.2 Å². The number of fused-ring (bicyclic) bond motifs is 1. The molecule has 1 aliphatic rings. The van der Waals surface area contributed by atoms with E-state index in [-0.39, 0.29) is 31.2 Å². The number of carbonyl (C=O) groups excluding carboxylic acids is 2. The molecule has 1 aliphatic heterocycles. The van der Waals surface area contributed by atoms with E-state index in [9.17, 15) is 19.7 Å². The number of benzene rings is 1. The van der Waals surface area contributed by atoms with Crippen LogP contribution in [0.1, 0.15) is 66.2 Å². The smallest absolute Gasteiger partial charge is 0.294 e. The highest BCUT2D eigenvalue weighted by atomic mass is 16.9. The van der Waals surface area contributed by atoms with Crippen molar-refractivity contribution in [1.29, 1.82) is 0 Å². The molecule has 9 heteroatoms. The number of nitrogens with zero attached hydrogens (tertiary/aromatic N) is 2. The summed E-state index contributed by atoms with van der Waals surface area (Å²) in [5.41, 5.74) is 0.679. The monoisotopic (exact) mass is 393 g/mol. The summed E-state index contributed by atoms with van der Waals surface area (Å²) in [6, 6.07) is 4.91. The molecule has 0 saturated carbocycles. The van der Waals surface area contributed by atoms with Gasteiger partial charge in [0.25, 0.3) is 16.9 Å². The summed E-state index contributed by atoms with van der Waals surface area (Å²) < 4.78 is 5.92. The fraction of sp³-hybridized carbons (Fsp3) is 0.579.